The third-order valence-electron chi connectivity index (χ3n) is 7.15. The maximum atomic E-state index is 5.59. The zero-order valence-electron chi connectivity index (χ0n) is 25.2. The summed E-state index contributed by atoms with van der Waals surface area (Å²) in [5.41, 5.74) is 1.82. The highest BCUT2D eigenvalue weighted by atomic mass is 16.5. The molecule has 214 valence electrons. The van der Waals surface area contributed by atoms with Gasteiger partial charge in [0.25, 0.3) is 0 Å². The van der Waals surface area contributed by atoms with E-state index in [0.717, 1.165) is 35.2 Å². The zero-order valence-corrected chi connectivity index (χ0v) is 25.2. The fourth-order valence-corrected chi connectivity index (χ4v) is 5.36. The van der Waals surface area contributed by atoms with E-state index in [-0.39, 0.29) is 0 Å². The van der Waals surface area contributed by atoms with Gasteiger partial charge in [-0.1, -0.05) is 76.9 Å². The first kappa shape index (κ1) is 29.6. The molecule has 0 saturated carbocycles. The van der Waals surface area contributed by atoms with Gasteiger partial charge in [0.1, 0.15) is 5.82 Å². The molecule has 0 spiro atoms. The van der Waals surface area contributed by atoms with E-state index in [2.05, 4.69) is 80.4 Å². The average Bonchev–Trinajstić information content (AvgIpc) is 2.94. The molecule has 0 atom stereocenters. The Morgan fingerprint density at radius 1 is 0.750 bits per heavy atom. The van der Waals surface area contributed by atoms with Crippen molar-refractivity contribution in [1.29, 1.82) is 0 Å². The van der Waals surface area contributed by atoms with Crippen LogP contribution < -0.4 is 14.8 Å². The minimum absolute atomic E-state index is 0.660. The van der Waals surface area contributed by atoms with Crippen LogP contribution in [0.2, 0.25) is 0 Å². The van der Waals surface area contributed by atoms with Crippen molar-refractivity contribution in [2.45, 2.75) is 53.4 Å². The second-order valence-electron chi connectivity index (χ2n) is 11.6. The van der Waals surface area contributed by atoms with Gasteiger partial charge in [-0.15, -0.1) is 0 Å². The number of benzene rings is 3. The molecule has 3 aromatic carbocycles. The average molecular weight is 543 g/mol. The van der Waals surface area contributed by atoms with Crippen LogP contribution in [0.25, 0.3) is 33.1 Å². The van der Waals surface area contributed by atoms with Gasteiger partial charge in [0.05, 0.1) is 19.7 Å². The smallest absolute Gasteiger partial charge is 0.162 e. The maximum absolute atomic E-state index is 5.59. The number of rotatable bonds is 15. The number of fused-ring (bicyclic) bond motifs is 2. The Kier molecular flexibility index (Phi) is 10.6. The Labute approximate surface area is 240 Å². The van der Waals surface area contributed by atoms with Crippen LogP contribution in [0.4, 0.5) is 5.82 Å². The molecule has 0 bridgehead atoms. The van der Waals surface area contributed by atoms with E-state index in [1.807, 2.05) is 12.1 Å². The molecule has 0 fully saturated rings. The first-order valence-corrected chi connectivity index (χ1v) is 14.8. The van der Waals surface area contributed by atoms with Gasteiger partial charge in [0.15, 0.2) is 17.3 Å². The molecule has 4 aromatic rings. The van der Waals surface area contributed by atoms with E-state index in [1.165, 1.54) is 49.7 Å². The molecule has 6 nitrogen and oxygen atoms in total. The molecule has 0 amide bonds. The van der Waals surface area contributed by atoms with Gasteiger partial charge in [0.2, 0.25) is 0 Å². The summed E-state index contributed by atoms with van der Waals surface area (Å²) in [5, 5.41) is 6.92. The summed E-state index contributed by atoms with van der Waals surface area (Å²) < 4.78 is 11.2. The molecule has 6 heteroatoms. The zero-order chi connectivity index (χ0) is 28.5. The van der Waals surface area contributed by atoms with Crippen LogP contribution in [-0.4, -0.2) is 55.3 Å². The predicted octanol–water partition coefficient (Wildman–Crippen LogP) is 8.05. The summed E-state index contributed by atoms with van der Waals surface area (Å²) in [6.45, 7) is 13.7. The molecule has 0 aliphatic carbocycles. The predicted molar refractivity (Wildman–Crippen MR) is 169 cm³/mol. The summed E-state index contributed by atoms with van der Waals surface area (Å²) in [6, 6.07) is 18.6. The van der Waals surface area contributed by atoms with Gasteiger partial charge < -0.3 is 19.7 Å². The number of anilines is 1. The minimum Gasteiger partial charge on any atom is -0.493 e. The second-order valence-corrected chi connectivity index (χ2v) is 11.6. The number of ether oxygens (including phenoxy) is 2. The summed E-state index contributed by atoms with van der Waals surface area (Å²) >= 11 is 0. The van der Waals surface area contributed by atoms with Crippen molar-refractivity contribution in [2.24, 2.45) is 11.8 Å². The minimum atomic E-state index is 0.660. The van der Waals surface area contributed by atoms with Gasteiger partial charge in [-0.05, 0) is 54.1 Å². The Morgan fingerprint density at radius 3 is 2.12 bits per heavy atom. The Bertz CT molecular complexity index is 1380. The fourth-order valence-electron chi connectivity index (χ4n) is 5.36. The van der Waals surface area contributed by atoms with Gasteiger partial charge >= 0.3 is 0 Å². The van der Waals surface area contributed by atoms with Crippen LogP contribution in [0.3, 0.4) is 0 Å². The largest absolute Gasteiger partial charge is 0.493 e. The number of nitrogens with one attached hydrogen (secondary N) is 1. The van der Waals surface area contributed by atoms with Crippen LogP contribution in [-0.2, 0) is 0 Å². The fraction of sp³-hybridized carbons (Fsp3) is 0.471. The number of methoxy groups -OCH3 is 2. The lowest BCUT2D eigenvalue weighted by molar-refractivity contribution is 0.215. The highest BCUT2D eigenvalue weighted by Crippen LogP contribution is 2.35. The maximum Gasteiger partial charge on any atom is 0.162 e. The lowest BCUT2D eigenvalue weighted by Gasteiger charge is -2.26. The van der Waals surface area contributed by atoms with Crippen molar-refractivity contribution in [2.75, 3.05) is 45.7 Å². The normalized spacial score (nSPS) is 11.7. The van der Waals surface area contributed by atoms with E-state index >= 15 is 0 Å². The van der Waals surface area contributed by atoms with Crippen molar-refractivity contribution in [3.63, 3.8) is 0 Å². The Balaban J connectivity index is 1.46. The SMILES string of the molecule is COc1cc2nc(-c3ccc4ccccc4c3)nc(NCCCCCCN(CC(C)C)CC(C)C)c2cc1OC. The number of unbranched alkanes of at least 4 members (excludes halogenated alkanes) is 3. The van der Waals surface area contributed by atoms with Gasteiger partial charge in [-0.25, -0.2) is 9.97 Å². The third kappa shape index (κ3) is 7.85. The van der Waals surface area contributed by atoms with Crippen molar-refractivity contribution < 1.29 is 9.47 Å². The second kappa shape index (κ2) is 14.3. The molecular weight excluding hydrogens is 496 g/mol. The van der Waals surface area contributed by atoms with Crippen molar-refractivity contribution in [3.8, 4) is 22.9 Å². The summed E-state index contributed by atoms with van der Waals surface area (Å²) in [4.78, 5) is 12.6. The van der Waals surface area contributed by atoms with Crippen LogP contribution in [0, 0.1) is 11.8 Å². The van der Waals surface area contributed by atoms with Crippen molar-refractivity contribution >= 4 is 27.5 Å². The quantitative estimate of drug-likeness (QED) is 0.153. The Morgan fingerprint density at radius 2 is 1.43 bits per heavy atom. The van der Waals surface area contributed by atoms with Crippen molar-refractivity contribution in [1.82, 2.24) is 14.9 Å². The molecule has 4 rings (SSSR count). The molecule has 0 unspecified atom stereocenters. The molecule has 1 aromatic heterocycles. The topological polar surface area (TPSA) is 59.5 Å². The van der Waals surface area contributed by atoms with E-state index in [9.17, 15) is 0 Å². The van der Waals surface area contributed by atoms with Gasteiger partial charge in [0, 0.05) is 36.7 Å². The van der Waals surface area contributed by atoms with E-state index in [0.29, 0.717) is 29.2 Å². The van der Waals surface area contributed by atoms with Gasteiger partial charge in [-0.2, -0.15) is 0 Å². The summed E-state index contributed by atoms with van der Waals surface area (Å²) in [5.74, 6) is 4.28. The van der Waals surface area contributed by atoms with Crippen LogP contribution >= 0.6 is 0 Å². The lowest BCUT2D eigenvalue weighted by atomic mass is 10.1. The highest BCUT2D eigenvalue weighted by Gasteiger charge is 2.15. The molecule has 0 radical (unpaired) electrons. The van der Waals surface area contributed by atoms with E-state index in [4.69, 9.17) is 19.4 Å². The molecule has 40 heavy (non-hydrogen) atoms. The molecule has 0 aliphatic rings. The number of aromatic nitrogens is 2. The van der Waals surface area contributed by atoms with Crippen LogP contribution in [0.1, 0.15) is 53.4 Å². The van der Waals surface area contributed by atoms with Crippen LogP contribution in [0.15, 0.2) is 54.6 Å². The Hall–Kier alpha value is -3.38. The van der Waals surface area contributed by atoms with Gasteiger partial charge in [-0.3, -0.25) is 0 Å². The molecule has 0 aliphatic heterocycles. The lowest BCUT2D eigenvalue weighted by Crippen LogP contribution is -2.32. The monoisotopic (exact) mass is 542 g/mol. The first-order valence-electron chi connectivity index (χ1n) is 14.8. The standard InChI is InChI=1S/C34H46N4O2/c1-24(2)22-38(23-25(3)4)18-12-8-7-11-17-35-34-29-20-31(39-5)32(40-6)21-30(29)36-33(37-34)28-16-15-26-13-9-10-14-27(26)19-28/h9-10,13-16,19-21,24-25H,7-8,11-12,17-18,22-23H2,1-6H3,(H,35,36,37). The number of hydrogen-bond acceptors (Lipinski definition) is 6. The van der Waals surface area contributed by atoms with Crippen molar-refractivity contribution in [3.05, 3.63) is 54.6 Å². The molecule has 1 heterocycles. The number of nitrogens with zero attached hydrogens (tertiary/aromatic N) is 3. The highest BCUT2D eigenvalue weighted by molar-refractivity contribution is 5.94. The summed E-state index contributed by atoms with van der Waals surface area (Å²) in [7, 11) is 3.31. The van der Waals surface area contributed by atoms with Crippen LogP contribution in [0.5, 0.6) is 11.5 Å². The molecular formula is C34H46N4O2. The summed E-state index contributed by atoms with van der Waals surface area (Å²) in [6.07, 6.45) is 4.78. The third-order valence-corrected chi connectivity index (χ3v) is 7.15. The molecule has 1 N–H and O–H groups in total. The molecule has 0 saturated heterocycles. The van der Waals surface area contributed by atoms with E-state index in [1.54, 1.807) is 14.2 Å². The number of hydrogen-bond donors (Lipinski definition) is 1. The van der Waals surface area contributed by atoms with E-state index < -0.39 is 0 Å². The first-order chi connectivity index (χ1) is 19.4.